The van der Waals surface area contributed by atoms with E-state index in [1.54, 1.807) is 0 Å². The summed E-state index contributed by atoms with van der Waals surface area (Å²) in [6.45, 7) is 2.94. The van der Waals surface area contributed by atoms with Gasteiger partial charge < -0.3 is 10.6 Å². The van der Waals surface area contributed by atoms with Crippen LogP contribution in [-0.2, 0) is 0 Å². The Labute approximate surface area is 92.3 Å². The summed E-state index contributed by atoms with van der Waals surface area (Å²) in [5.74, 6) is 0. The molecule has 3 heteroatoms. The van der Waals surface area contributed by atoms with Gasteiger partial charge >= 0.3 is 6.03 Å². The molecule has 0 aromatic rings. The van der Waals surface area contributed by atoms with Gasteiger partial charge in [-0.3, -0.25) is 0 Å². The Morgan fingerprint density at radius 2 is 2.07 bits per heavy atom. The van der Waals surface area contributed by atoms with Crippen LogP contribution in [0.25, 0.3) is 0 Å². The van der Waals surface area contributed by atoms with Gasteiger partial charge in [-0.15, -0.1) is 0 Å². The molecule has 0 aliphatic heterocycles. The Bertz CT molecular complexity index is 216. The maximum atomic E-state index is 11.3. The van der Waals surface area contributed by atoms with Crippen molar-refractivity contribution in [1.29, 1.82) is 0 Å². The number of unbranched alkanes of at least 4 members (excludes halogenated alkanes) is 2. The zero-order valence-electron chi connectivity index (χ0n) is 9.64. The molecule has 1 aliphatic carbocycles. The number of carbonyl (C=O) groups excluding carboxylic acids is 1. The number of rotatable bonds is 5. The second-order valence-corrected chi connectivity index (χ2v) is 4.12. The Morgan fingerprint density at radius 1 is 1.33 bits per heavy atom. The zero-order valence-corrected chi connectivity index (χ0v) is 9.64. The van der Waals surface area contributed by atoms with E-state index in [0.29, 0.717) is 0 Å². The van der Waals surface area contributed by atoms with Crippen LogP contribution in [0.5, 0.6) is 0 Å². The maximum absolute atomic E-state index is 11.3. The Hall–Kier alpha value is -0.990. The predicted molar refractivity (Wildman–Crippen MR) is 62.6 cm³/mol. The summed E-state index contributed by atoms with van der Waals surface area (Å²) >= 11 is 0. The number of carbonyl (C=O) groups is 1. The fourth-order valence-corrected chi connectivity index (χ4v) is 1.77. The summed E-state index contributed by atoms with van der Waals surface area (Å²) in [4.78, 5) is 11.3. The topological polar surface area (TPSA) is 41.1 Å². The summed E-state index contributed by atoms with van der Waals surface area (Å²) in [5, 5.41) is 5.64. The summed E-state index contributed by atoms with van der Waals surface area (Å²) in [6, 6.07) is -0.0643. The van der Waals surface area contributed by atoms with Crippen LogP contribution in [0.15, 0.2) is 11.8 Å². The molecule has 0 atom stereocenters. The van der Waals surface area contributed by atoms with E-state index >= 15 is 0 Å². The zero-order chi connectivity index (χ0) is 10.9. The lowest BCUT2D eigenvalue weighted by Gasteiger charge is -2.04. The number of urea groups is 1. The quantitative estimate of drug-likeness (QED) is 0.673. The van der Waals surface area contributed by atoms with E-state index < -0.39 is 0 Å². The molecule has 0 spiro atoms. The van der Waals surface area contributed by atoms with Crippen molar-refractivity contribution in [2.45, 2.75) is 51.9 Å². The SMILES string of the molecule is CCCCCNC(=O)NC=C1CCCC1. The van der Waals surface area contributed by atoms with E-state index in [0.717, 1.165) is 25.8 Å². The first kappa shape index (κ1) is 12.1. The molecule has 0 heterocycles. The Kier molecular flexibility index (Phi) is 5.90. The fourth-order valence-electron chi connectivity index (χ4n) is 1.77. The number of hydrogen-bond donors (Lipinski definition) is 2. The van der Waals surface area contributed by atoms with Crippen LogP contribution in [0.3, 0.4) is 0 Å². The summed E-state index contributed by atoms with van der Waals surface area (Å²) in [5.41, 5.74) is 1.37. The molecule has 3 nitrogen and oxygen atoms in total. The second-order valence-electron chi connectivity index (χ2n) is 4.12. The van der Waals surface area contributed by atoms with Crippen LogP contribution in [0.2, 0.25) is 0 Å². The first-order chi connectivity index (χ1) is 7.33. The van der Waals surface area contributed by atoms with Gasteiger partial charge in [0.2, 0.25) is 0 Å². The minimum Gasteiger partial charge on any atom is -0.338 e. The first-order valence-corrected chi connectivity index (χ1v) is 6.05. The average molecular weight is 210 g/mol. The summed E-state index contributed by atoms with van der Waals surface area (Å²) in [7, 11) is 0. The molecule has 1 saturated carbocycles. The average Bonchev–Trinajstić information content (AvgIpc) is 2.74. The van der Waals surface area contributed by atoms with Gasteiger partial charge in [-0.25, -0.2) is 4.79 Å². The monoisotopic (exact) mass is 210 g/mol. The lowest BCUT2D eigenvalue weighted by atomic mass is 10.2. The number of nitrogens with one attached hydrogen (secondary N) is 2. The van der Waals surface area contributed by atoms with Crippen molar-refractivity contribution in [3.05, 3.63) is 11.8 Å². The van der Waals surface area contributed by atoms with Crippen LogP contribution in [0.4, 0.5) is 4.79 Å². The molecule has 1 rings (SSSR count). The highest BCUT2D eigenvalue weighted by Gasteiger charge is 2.06. The minimum absolute atomic E-state index is 0.0643. The van der Waals surface area contributed by atoms with Gasteiger partial charge in [-0.2, -0.15) is 0 Å². The predicted octanol–water partition coefficient (Wildman–Crippen LogP) is 2.93. The number of hydrogen-bond acceptors (Lipinski definition) is 1. The molecule has 2 N–H and O–H groups in total. The lowest BCUT2D eigenvalue weighted by Crippen LogP contribution is -2.33. The highest BCUT2D eigenvalue weighted by Crippen LogP contribution is 2.22. The van der Waals surface area contributed by atoms with Gasteiger partial charge in [-0.1, -0.05) is 25.3 Å². The fraction of sp³-hybridized carbons (Fsp3) is 0.750. The smallest absolute Gasteiger partial charge is 0.318 e. The van der Waals surface area contributed by atoms with Gasteiger partial charge in [0.25, 0.3) is 0 Å². The molecule has 86 valence electrons. The largest absolute Gasteiger partial charge is 0.338 e. The Balaban J connectivity index is 2.05. The Morgan fingerprint density at radius 3 is 2.73 bits per heavy atom. The van der Waals surface area contributed by atoms with Crippen LogP contribution in [0, 0.1) is 0 Å². The number of allylic oxidation sites excluding steroid dienone is 1. The molecule has 1 fully saturated rings. The van der Waals surface area contributed by atoms with E-state index in [1.807, 2.05) is 6.20 Å². The van der Waals surface area contributed by atoms with Crippen LogP contribution in [-0.4, -0.2) is 12.6 Å². The highest BCUT2D eigenvalue weighted by atomic mass is 16.2. The van der Waals surface area contributed by atoms with Crippen LogP contribution in [0.1, 0.15) is 51.9 Å². The van der Waals surface area contributed by atoms with E-state index in [9.17, 15) is 4.79 Å². The maximum Gasteiger partial charge on any atom is 0.318 e. The molecular formula is C12H22N2O. The molecule has 0 unspecified atom stereocenters. The van der Waals surface area contributed by atoms with E-state index in [-0.39, 0.29) is 6.03 Å². The third-order valence-corrected chi connectivity index (χ3v) is 2.72. The van der Waals surface area contributed by atoms with Crippen LogP contribution >= 0.6 is 0 Å². The third-order valence-electron chi connectivity index (χ3n) is 2.72. The van der Waals surface area contributed by atoms with Gasteiger partial charge in [0.1, 0.15) is 0 Å². The van der Waals surface area contributed by atoms with Crippen molar-refractivity contribution in [2.24, 2.45) is 0 Å². The number of amides is 2. The molecule has 0 aromatic heterocycles. The molecule has 1 aliphatic rings. The van der Waals surface area contributed by atoms with Gasteiger partial charge in [-0.05, 0) is 32.1 Å². The molecule has 0 radical (unpaired) electrons. The van der Waals surface area contributed by atoms with Crippen molar-refractivity contribution in [1.82, 2.24) is 10.6 Å². The molecule has 0 saturated heterocycles. The third kappa shape index (κ3) is 5.45. The summed E-state index contributed by atoms with van der Waals surface area (Å²) < 4.78 is 0. The molecule has 15 heavy (non-hydrogen) atoms. The van der Waals surface area contributed by atoms with Crippen molar-refractivity contribution in [3.63, 3.8) is 0 Å². The van der Waals surface area contributed by atoms with E-state index in [2.05, 4.69) is 17.6 Å². The normalized spacial score (nSPS) is 15.1. The molecule has 0 bridgehead atoms. The van der Waals surface area contributed by atoms with Crippen molar-refractivity contribution in [3.8, 4) is 0 Å². The molecule has 2 amide bonds. The second kappa shape index (κ2) is 7.32. The highest BCUT2D eigenvalue weighted by molar-refractivity contribution is 5.74. The van der Waals surface area contributed by atoms with Gasteiger partial charge in [0.15, 0.2) is 0 Å². The van der Waals surface area contributed by atoms with Crippen molar-refractivity contribution >= 4 is 6.03 Å². The molecular weight excluding hydrogens is 188 g/mol. The summed E-state index contributed by atoms with van der Waals surface area (Å²) in [6.07, 6.45) is 10.2. The van der Waals surface area contributed by atoms with Gasteiger partial charge in [0.05, 0.1) is 0 Å². The minimum atomic E-state index is -0.0643. The van der Waals surface area contributed by atoms with Crippen LogP contribution < -0.4 is 10.6 Å². The van der Waals surface area contributed by atoms with E-state index in [4.69, 9.17) is 0 Å². The van der Waals surface area contributed by atoms with Crippen molar-refractivity contribution < 1.29 is 4.79 Å². The first-order valence-electron chi connectivity index (χ1n) is 6.05. The van der Waals surface area contributed by atoms with Crippen molar-refractivity contribution in [2.75, 3.05) is 6.54 Å². The van der Waals surface area contributed by atoms with E-state index in [1.165, 1.54) is 31.3 Å². The van der Waals surface area contributed by atoms with Gasteiger partial charge in [0, 0.05) is 12.7 Å². The molecule has 0 aromatic carbocycles. The lowest BCUT2D eigenvalue weighted by molar-refractivity contribution is 0.244. The standard InChI is InChI=1S/C12H22N2O/c1-2-3-6-9-13-12(15)14-10-11-7-4-5-8-11/h10H,2-9H2,1H3,(H2,13,14,15).